The second kappa shape index (κ2) is 4.24. The van der Waals surface area contributed by atoms with Crippen LogP contribution in [-0.2, 0) is 0 Å². The van der Waals surface area contributed by atoms with Gasteiger partial charge in [0.2, 0.25) is 0 Å². The van der Waals surface area contributed by atoms with Crippen molar-refractivity contribution < 1.29 is 0 Å². The monoisotopic (exact) mass is 159 g/mol. The average molecular weight is 159 g/mol. The lowest BCUT2D eigenvalue weighted by molar-refractivity contribution is 0.492. The Hall–Kier alpha value is 0.310. The number of hydrogen-bond acceptors (Lipinski definition) is 2. The summed E-state index contributed by atoms with van der Waals surface area (Å²) in [6.45, 7) is 0. The first-order valence-corrected chi connectivity index (χ1v) is 5.44. The molecule has 0 bridgehead atoms. The molecule has 0 heterocycles. The Labute approximate surface area is 68.0 Å². The third kappa shape index (κ3) is 2.51. The largest absolute Gasteiger partial charge is 0.317 e. The van der Waals surface area contributed by atoms with Gasteiger partial charge in [-0.15, -0.1) is 0 Å². The van der Waals surface area contributed by atoms with Gasteiger partial charge < -0.3 is 5.32 Å². The highest BCUT2D eigenvalue weighted by atomic mass is 32.2. The van der Waals surface area contributed by atoms with Crippen molar-refractivity contribution in [3.05, 3.63) is 0 Å². The van der Waals surface area contributed by atoms with Crippen LogP contribution in [0.3, 0.4) is 0 Å². The average Bonchev–Trinajstić information content (AvgIpc) is 2.73. The fourth-order valence-corrected chi connectivity index (χ4v) is 1.85. The van der Waals surface area contributed by atoms with Crippen molar-refractivity contribution in [2.45, 2.75) is 25.3 Å². The van der Waals surface area contributed by atoms with Gasteiger partial charge in [-0.2, -0.15) is 11.8 Å². The summed E-state index contributed by atoms with van der Waals surface area (Å²) in [5.74, 6) is 2.32. The van der Waals surface area contributed by atoms with Gasteiger partial charge in [0, 0.05) is 6.04 Å². The fraction of sp³-hybridized carbons (Fsp3) is 1.00. The van der Waals surface area contributed by atoms with Crippen LogP contribution in [-0.4, -0.2) is 25.1 Å². The van der Waals surface area contributed by atoms with Crippen LogP contribution in [0.5, 0.6) is 0 Å². The predicted molar refractivity (Wildman–Crippen MR) is 48.6 cm³/mol. The van der Waals surface area contributed by atoms with Crippen molar-refractivity contribution in [1.29, 1.82) is 0 Å². The molecule has 10 heavy (non-hydrogen) atoms. The van der Waals surface area contributed by atoms with Crippen LogP contribution in [0.1, 0.15) is 19.3 Å². The molecule has 2 heteroatoms. The third-order valence-electron chi connectivity index (χ3n) is 2.19. The van der Waals surface area contributed by atoms with E-state index in [1.165, 1.54) is 25.0 Å². The van der Waals surface area contributed by atoms with Gasteiger partial charge in [0.05, 0.1) is 0 Å². The first-order valence-electron chi connectivity index (χ1n) is 4.04. The molecule has 1 nitrogen and oxygen atoms in total. The van der Waals surface area contributed by atoms with E-state index in [-0.39, 0.29) is 0 Å². The third-order valence-corrected chi connectivity index (χ3v) is 2.84. The molecular formula is C8H17NS. The zero-order valence-corrected chi connectivity index (χ0v) is 7.71. The second-order valence-electron chi connectivity index (χ2n) is 3.01. The van der Waals surface area contributed by atoms with Crippen molar-refractivity contribution in [3.8, 4) is 0 Å². The zero-order valence-electron chi connectivity index (χ0n) is 6.89. The summed E-state index contributed by atoms with van der Waals surface area (Å²) in [7, 11) is 2.09. The van der Waals surface area contributed by atoms with E-state index in [0.717, 1.165) is 12.0 Å². The van der Waals surface area contributed by atoms with Gasteiger partial charge in [0.1, 0.15) is 0 Å². The van der Waals surface area contributed by atoms with Gasteiger partial charge in [-0.25, -0.2) is 0 Å². The summed E-state index contributed by atoms with van der Waals surface area (Å²) in [5, 5.41) is 3.39. The molecule has 1 atom stereocenters. The maximum absolute atomic E-state index is 3.39. The highest BCUT2D eigenvalue weighted by Crippen LogP contribution is 2.34. The minimum Gasteiger partial charge on any atom is -0.317 e. The summed E-state index contributed by atoms with van der Waals surface area (Å²) < 4.78 is 0. The van der Waals surface area contributed by atoms with Crippen LogP contribution in [0.2, 0.25) is 0 Å². The maximum Gasteiger partial charge on any atom is 0.0100 e. The van der Waals surface area contributed by atoms with Crippen LogP contribution in [0.25, 0.3) is 0 Å². The minimum atomic E-state index is 0.812. The molecule has 1 saturated carbocycles. The highest BCUT2D eigenvalue weighted by molar-refractivity contribution is 7.98. The molecule has 0 saturated heterocycles. The van der Waals surface area contributed by atoms with E-state index < -0.39 is 0 Å². The molecule has 1 unspecified atom stereocenters. The Morgan fingerprint density at radius 1 is 1.60 bits per heavy atom. The molecule has 1 N–H and O–H groups in total. The highest BCUT2D eigenvalue weighted by Gasteiger charge is 2.29. The van der Waals surface area contributed by atoms with Crippen LogP contribution >= 0.6 is 11.8 Å². The van der Waals surface area contributed by atoms with Crippen molar-refractivity contribution in [2.24, 2.45) is 5.92 Å². The van der Waals surface area contributed by atoms with Crippen LogP contribution in [0.4, 0.5) is 0 Å². The van der Waals surface area contributed by atoms with Gasteiger partial charge >= 0.3 is 0 Å². The van der Waals surface area contributed by atoms with Crippen molar-refractivity contribution >= 4 is 11.8 Å². The molecule has 0 aromatic heterocycles. The van der Waals surface area contributed by atoms with Crippen LogP contribution in [0, 0.1) is 5.92 Å². The second-order valence-corrected chi connectivity index (χ2v) is 4.00. The van der Waals surface area contributed by atoms with Crippen molar-refractivity contribution in [2.75, 3.05) is 19.1 Å². The normalized spacial score (nSPS) is 21.0. The van der Waals surface area contributed by atoms with Gasteiger partial charge in [0.25, 0.3) is 0 Å². The summed E-state index contributed by atoms with van der Waals surface area (Å²) in [4.78, 5) is 0. The fourth-order valence-electron chi connectivity index (χ4n) is 1.36. The predicted octanol–water partition coefficient (Wildman–Crippen LogP) is 1.74. The van der Waals surface area contributed by atoms with Gasteiger partial charge in [-0.1, -0.05) is 0 Å². The molecular weight excluding hydrogens is 142 g/mol. The van der Waals surface area contributed by atoms with E-state index in [0.29, 0.717) is 0 Å². The molecule has 0 radical (unpaired) electrons. The molecule has 1 fully saturated rings. The van der Waals surface area contributed by atoms with E-state index in [1.807, 2.05) is 11.8 Å². The summed E-state index contributed by atoms with van der Waals surface area (Å²) in [6, 6.07) is 0.812. The Balaban J connectivity index is 2.07. The van der Waals surface area contributed by atoms with Gasteiger partial charge in [-0.3, -0.25) is 0 Å². The lowest BCUT2D eigenvalue weighted by Gasteiger charge is -2.13. The molecule has 0 aromatic rings. The molecule has 1 aliphatic rings. The number of hydrogen-bond donors (Lipinski definition) is 1. The van der Waals surface area contributed by atoms with Gasteiger partial charge in [0.15, 0.2) is 0 Å². The van der Waals surface area contributed by atoms with Crippen molar-refractivity contribution in [3.63, 3.8) is 0 Å². The first-order chi connectivity index (χ1) is 4.88. The smallest absolute Gasteiger partial charge is 0.0100 e. The van der Waals surface area contributed by atoms with E-state index in [4.69, 9.17) is 0 Å². The SMILES string of the molecule is CNC(CCSC)C1CC1. The first kappa shape index (κ1) is 8.41. The summed E-state index contributed by atoms with van der Waals surface area (Å²) in [5.41, 5.74) is 0. The van der Waals surface area contributed by atoms with E-state index in [2.05, 4.69) is 18.6 Å². The number of nitrogens with one attached hydrogen (secondary N) is 1. The van der Waals surface area contributed by atoms with Crippen LogP contribution in [0.15, 0.2) is 0 Å². The van der Waals surface area contributed by atoms with E-state index in [1.54, 1.807) is 0 Å². The lowest BCUT2D eigenvalue weighted by Crippen LogP contribution is -2.27. The van der Waals surface area contributed by atoms with Crippen LogP contribution < -0.4 is 5.32 Å². The number of rotatable bonds is 5. The van der Waals surface area contributed by atoms with E-state index in [9.17, 15) is 0 Å². The Morgan fingerprint density at radius 2 is 2.30 bits per heavy atom. The quantitative estimate of drug-likeness (QED) is 0.656. The minimum absolute atomic E-state index is 0.812. The van der Waals surface area contributed by atoms with Gasteiger partial charge in [-0.05, 0) is 44.2 Å². The Morgan fingerprint density at radius 3 is 2.70 bits per heavy atom. The maximum atomic E-state index is 3.39. The summed E-state index contributed by atoms with van der Waals surface area (Å²) >= 11 is 1.95. The zero-order chi connectivity index (χ0) is 7.40. The van der Waals surface area contributed by atoms with E-state index >= 15 is 0 Å². The molecule has 0 spiro atoms. The molecule has 60 valence electrons. The van der Waals surface area contributed by atoms with Crippen molar-refractivity contribution in [1.82, 2.24) is 5.32 Å². The summed E-state index contributed by atoms with van der Waals surface area (Å²) in [6.07, 6.45) is 6.45. The molecule has 0 aromatic carbocycles. The Bertz CT molecular complexity index is 91.3. The molecule has 0 amide bonds. The molecule has 0 aliphatic heterocycles. The standard InChI is InChI=1S/C8H17NS/c1-9-8(5-6-10-2)7-3-4-7/h7-9H,3-6H2,1-2H3. The molecule has 1 rings (SSSR count). The molecule has 1 aliphatic carbocycles. The number of thioether (sulfide) groups is 1. The topological polar surface area (TPSA) is 12.0 Å². The Kier molecular flexibility index (Phi) is 3.57. The lowest BCUT2D eigenvalue weighted by atomic mass is 10.1.